The predicted octanol–water partition coefficient (Wildman–Crippen LogP) is 2.66. The van der Waals surface area contributed by atoms with E-state index in [4.69, 9.17) is 4.42 Å². The minimum Gasteiger partial charge on any atom is -0.469 e. The SMILES string of the molecule is O=C(CCc1ccco1)NC1CCCCC1. The molecule has 0 saturated heterocycles. The molecule has 3 nitrogen and oxygen atoms in total. The van der Waals surface area contributed by atoms with Crippen molar-refractivity contribution in [2.75, 3.05) is 0 Å². The molecule has 0 aliphatic heterocycles. The van der Waals surface area contributed by atoms with Crippen LogP contribution in [-0.2, 0) is 11.2 Å². The molecule has 1 aromatic heterocycles. The number of hydrogen-bond donors (Lipinski definition) is 1. The summed E-state index contributed by atoms with van der Waals surface area (Å²) in [5.74, 6) is 1.04. The third-order valence-electron chi connectivity index (χ3n) is 3.15. The van der Waals surface area contributed by atoms with Gasteiger partial charge in [0, 0.05) is 18.9 Å². The number of carbonyl (C=O) groups excluding carboxylic acids is 1. The Labute approximate surface area is 96.2 Å². The van der Waals surface area contributed by atoms with Gasteiger partial charge in [0.1, 0.15) is 5.76 Å². The lowest BCUT2D eigenvalue weighted by molar-refractivity contribution is -0.122. The topological polar surface area (TPSA) is 42.2 Å². The van der Waals surface area contributed by atoms with Gasteiger partial charge in [-0.05, 0) is 25.0 Å². The maximum absolute atomic E-state index is 11.7. The van der Waals surface area contributed by atoms with Gasteiger partial charge in [-0.25, -0.2) is 0 Å². The molecule has 3 heteroatoms. The molecule has 16 heavy (non-hydrogen) atoms. The molecule has 0 spiro atoms. The van der Waals surface area contributed by atoms with Crippen LogP contribution in [-0.4, -0.2) is 11.9 Å². The van der Waals surface area contributed by atoms with E-state index in [0.717, 1.165) is 18.6 Å². The van der Waals surface area contributed by atoms with Crippen LogP contribution in [0.2, 0.25) is 0 Å². The quantitative estimate of drug-likeness (QED) is 0.849. The summed E-state index contributed by atoms with van der Waals surface area (Å²) in [5.41, 5.74) is 0. The fourth-order valence-corrected chi connectivity index (χ4v) is 2.24. The molecule has 1 aliphatic rings. The van der Waals surface area contributed by atoms with Crippen LogP contribution in [0.5, 0.6) is 0 Å². The molecule has 0 aromatic carbocycles. The highest BCUT2D eigenvalue weighted by molar-refractivity contribution is 5.76. The molecule has 0 atom stereocenters. The van der Waals surface area contributed by atoms with Crippen LogP contribution in [0.15, 0.2) is 22.8 Å². The zero-order chi connectivity index (χ0) is 11.2. The lowest BCUT2D eigenvalue weighted by Crippen LogP contribution is -2.36. The van der Waals surface area contributed by atoms with Crippen molar-refractivity contribution < 1.29 is 9.21 Å². The van der Waals surface area contributed by atoms with E-state index in [1.807, 2.05) is 12.1 Å². The van der Waals surface area contributed by atoms with E-state index >= 15 is 0 Å². The summed E-state index contributed by atoms with van der Waals surface area (Å²) >= 11 is 0. The van der Waals surface area contributed by atoms with E-state index in [2.05, 4.69) is 5.32 Å². The van der Waals surface area contributed by atoms with Gasteiger partial charge in [0.15, 0.2) is 0 Å². The summed E-state index contributed by atoms with van der Waals surface area (Å²) in [6, 6.07) is 4.18. The maximum atomic E-state index is 11.7. The third kappa shape index (κ3) is 3.40. The van der Waals surface area contributed by atoms with Crippen molar-refractivity contribution in [3.8, 4) is 0 Å². The number of rotatable bonds is 4. The van der Waals surface area contributed by atoms with E-state index < -0.39 is 0 Å². The van der Waals surface area contributed by atoms with Gasteiger partial charge in [0.25, 0.3) is 0 Å². The summed E-state index contributed by atoms with van der Waals surface area (Å²) < 4.78 is 5.19. The molecule has 2 rings (SSSR count). The van der Waals surface area contributed by atoms with Crippen LogP contribution in [0.3, 0.4) is 0 Å². The van der Waals surface area contributed by atoms with Crippen LogP contribution in [0, 0.1) is 0 Å². The first-order valence-electron chi connectivity index (χ1n) is 6.16. The first-order valence-corrected chi connectivity index (χ1v) is 6.16. The van der Waals surface area contributed by atoms with Gasteiger partial charge in [-0.2, -0.15) is 0 Å². The van der Waals surface area contributed by atoms with Gasteiger partial charge in [0.2, 0.25) is 5.91 Å². The minimum absolute atomic E-state index is 0.156. The highest BCUT2D eigenvalue weighted by Gasteiger charge is 2.15. The van der Waals surface area contributed by atoms with Gasteiger partial charge in [-0.1, -0.05) is 19.3 Å². The molecule has 1 amide bonds. The second kappa shape index (κ2) is 5.73. The number of carbonyl (C=O) groups is 1. The predicted molar refractivity (Wildman–Crippen MR) is 62.0 cm³/mol. The molecular formula is C13H19NO2. The van der Waals surface area contributed by atoms with Crippen molar-refractivity contribution in [3.05, 3.63) is 24.2 Å². The molecule has 88 valence electrons. The summed E-state index contributed by atoms with van der Waals surface area (Å²) in [6.07, 6.45) is 8.99. The zero-order valence-electron chi connectivity index (χ0n) is 9.58. The van der Waals surface area contributed by atoms with Crippen molar-refractivity contribution >= 4 is 5.91 Å². The standard InChI is InChI=1S/C13H19NO2/c15-13(9-8-12-7-4-10-16-12)14-11-5-2-1-3-6-11/h4,7,10-11H,1-3,5-6,8-9H2,(H,14,15). The molecule has 1 aromatic rings. The van der Waals surface area contributed by atoms with E-state index in [1.165, 1.54) is 19.3 Å². The summed E-state index contributed by atoms with van der Waals surface area (Å²) in [5, 5.41) is 3.10. The third-order valence-corrected chi connectivity index (χ3v) is 3.15. The number of nitrogens with one attached hydrogen (secondary N) is 1. The lowest BCUT2D eigenvalue weighted by Gasteiger charge is -2.22. The van der Waals surface area contributed by atoms with Crippen molar-refractivity contribution in [3.63, 3.8) is 0 Å². The lowest BCUT2D eigenvalue weighted by atomic mass is 9.95. The van der Waals surface area contributed by atoms with Crippen LogP contribution in [0.4, 0.5) is 0 Å². The van der Waals surface area contributed by atoms with Crippen LogP contribution < -0.4 is 5.32 Å². The average molecular weight is 221 g/mol. The number of hydrogen-bond acceptors (Lipinski definition) is 2. The smallest absolute Gasteiger partial charge is 0.220 e. The number of furan rings is 1. The fourth-order valence-electron chi connectivity index (χ4n) is 2.24. The van der Waals surface area contributed by atoms with Gasteiger partial charge in [0.05, 0.1) is 6.26 Å². The molecular weight excluding hydrogens is 202 g/mol. The van der Waals surface area contributed by atoms with E-state index in [9.17, 15) is 4.79 Å². The second-order valence-corrected chi connectivity index (χ2v) is 4.48. The molecule has 1 N–H and O–H groups in total. The number of aryl methyl sites for hydroxylation is 1. The zero-order valence-corrected chi connectivity index (χ0v) is 9.58. The maximum Gasteiger partial charge on any atom is 0.220 e. The Hall–Kier alpha value is -1.25. The average Bonchev–Trinajstić information content (AvgIpc) is 2.81. The van der Waals surface area contributed by atoms with E-state index in [1.54, 1.807) is 6.26 Å². The monoisotopic (exact) mass is 221 g/mol. The number of amides is 1. The molecule has 1 saturated carbocycles. The van der Waals surface area contributed by atoms with Crippen LogP contribution in [0.25, 0.3) is 0 Å². The molecule has 1 heterocycles. The van der Waals surface area contributed by atoms with Gasteiger partial charge >= 0.3 is 0 Å². The minimum atomic E-state index is 0.156. The van der Waals surface area contributed by atoms with Crippen molar-refractivity contribution in [1.82, 2.24) is 5.32 Å². The highest BCUT2D eigenvalue weighted by Crippen LogP contribution is 2.17. The second-order valence-electron chi connectivity index (χ2n) is 4.48. The van der Waals surface area contributed by atoms with E-state index in [-0.39, 0.29) is 5.91 Å². The Morgan fingerprint density at radius 1 is 1.38 bits per heavy atom. The molecule has 1 aliphatic carbocycles. The summed E-state index contributed by atoms with van der Waals surface area (Å²) in [7, 11) is 0. The van der Waals surface area contributed by atoms with Crippen molar-refractivity contribution in [1.29, 1.82) is 0 Å². The van der Waals surface area contributed by atoms with Gasteiger partial charge in [-0.15, -0.1) is 0 Å². The molecule has 0 bridgehead atoms. The van der Waals surface area contributed by atoms with Gasteiger partial charge < -0.3 is 9.73 Å². The van der Waals surface area contributed by atoms with E-state index in [0.29, 0.717) is 18.9 Å². The Kier molecular flexibility index (Phi) is 4.03. The first kappa shape index (κ1) is 11.2. The highest BCUT2D eigenvalue weighted by atomic mass is 16.3. The Bertz CT molecular complexity index is 313. The first-order chi connectivity index (χ1) is 7.84. The van der Waals surface area contributed by atoms with Crippen LogP contribution >= 0.6 is 0 Å². The van der Waals surface area contributed by atoms with Gasteiger partial charge in [-0.3, -0.25) is 4.79 Å². The molecule has 0 unspecified atom stereocenters. The Morgan fingerprint density at radius 2 is 2.19 bits per heavy atom. The van der Waals surface area contributed by atoms with Crippen LogP contribution in [0.1, 0.15) is 44.3 Å². The molecule has 0 radical (unpaired) electrons. The normalized spacial score (nSPS) is 17.2. The summed E-state index contributed by atoms with van der Waals surface area (Å²) in [4.78, 5) is 11.7. The molecule has 1 fully saturated rings. The Balaban J connectivity index is 1.67. The fraction of sp³-hybridized carbons (Fsp3) is 0.615. The Morgan fingerprint density at radius 3 is 2.88 bits per heavy atom. The summed E-state index contributed by atoms with van der Waals surface area (Å²) in [6.45, 7) is 0. The van der Waals surface area contributed by atoms with Crippen molar-refractivity contribution in [2.24, 2.45) is 0 Å². The van der Waals surface area contributed by atoms with Crippen molar-refractivity contribution in [2.45, 2.75) is 51.0 Å². The largest absolute Gasteiger partial charge is 0.469 e.